The Kier molecular flexibility index (Phi) is 5.74. The van der Waals surface area contributed by atoms with Gasteiger partial charge in [-0.15, -0.1) is 11.3 Å². The molecule has 1 amide bonds. The van der Waals surface area contributed by atoms with E-state index in [1.807, 2.05) is 30.5 Å². The lowest BCUT2D eigenvalue weighted by molar-refractivity contribution is -0.147. The number of hydrogen-bond acceptors (Lipinski definition) is 5. The normalized spacial score (nSPS) is 12.0. The van der Waals surface area contributed by atoms with Gasteiger partial charge in [-0.1, -0.05) is 31.2 Å². The van der Waals surface area contributed by atoms with E-state index in [1.165, 1.54) is 16.9 Å². The van der Waals surface area contributed by atoms with E-state index in [0.717, 1.165) is 22.6 Å². The Morgan fingerprint density at radius 3 is 2.54 bits per heavy atom. The highest BCUT2D eigenvalue weighted by molar-refractivity contribution is 7.15. The molecule has 1 aromatic carbocycles. The molecule has 0 saturated carbocycles. The summed E-state index contributed by atoms with van der Waals surface area (Å²) in [5.74, 6) is -3.23. The summed E-state index contributed by atoms with van der Waals surface area (Å²) in [6.07, 6.45) is 2.04. The van der Waals surface area contributed by atoms with Crippen LogP contribution in [0.4, 0.5) is 0 Å². The molecule has 1 unspecified atom stereocenters. The lowest BCUT2D eigenvalue weighted by Gasteiger charge is -2.12. The first-order valence-electron chi connectivity index (χ1n) is 8.66. The van der Waals surface area contributed by atoms with Crippen molar-refractivity contribution in [3.63, 3.8) is 0 Å². The zero-order valence-electron chi connectivity index (χ0n) is 15.1. The van der Waals surface area contributed by atoms with Crippen molar-refractivity contribution in [1.82, 2.24) is 14.7 Å². The Hall–Kier alpha value is -3.20. The molecule has 1 atom stereocenters. The van der Waals surface area contributed by atoms with Gasteiger partial charge in [-0.3, -0.25) is 14.0 Å². The molecule has 8 nitrogen and oxygen atoms in total. The summed E-state index contributed by atoms with van der Waals surface area (Å²) in [4.78, 5) is 39.3. The molecule has 0 radical (unpaired) electrons. The molecule has 0 spiro atoms. The van der Waals surface area contributed by atoms with Crippen LogP contribution in [0.5, 0.6) is 0 Å². The Morgan fingerprint density at radius 1 is 1.21 bits per heavy atom. The molecule has 9 heteroatoms. The minimum atomic E-state index is -1.46. The van der Waals surface area contributed by atoms with Crippen LogP contribution in [-0.2, 0) is 27.2 Å². The molecule has 2 aromatic heterocycles. The summed E-state index contributed by atoms with van der Waals surface area (Å²) < 4.78 is 1.79. The smallest absolute Gasteiger partial charge is 0.326 e. The number of nitrogens with one attached hydrogen (secondary N) is 1. The SMILES string of the molecule is CCc1ccc(-c2cn3c(CC(=O)NC(CC(=O)O)C(=O)O)csc3n2)cc1. The first-order valence-corrected chi connectivity index (χ1v) is 9.54. The number of thiazole rings is 1. The summed E-state index contributed by atoms with van der Waals surface area (Å²) in [7, 11) is 0. The number of rotatable bonds is 8. The molecule has 0 aliphatic heterocycles. The maximum atomic E-state index is 12.2. The van der Waals surface area contributed by atoms with Crippen LogP contribution in [-0.4, -0.2) is 43.5 Å². The number of carbonyl (C=O) groups excluding carboxylic acids is 1. The van der Waals surface area contributed by atoms with Gasteiger partial charge >= 0.3 is 11.9 Å². The molecule has 28 heavy (non-hydrogen) atoms. The van der Waals surface area contributed by atoms with Crippen LogP contribution in [0.3, 0.4) is 0 Å². The Balaban J connectivity index is 1.76. The molecule has 3 rings (SSSR count). The Labute approximate surface area is 164 Å². The van der Waals surface area contributed by atoms with Crippen molar-refractivity contribution in [3.05, 3.63) is 47.1 Å². The van der Waals surface area contributed by atoms with E-state index in [2.05, 4.69) is 17.2 Å². The quantitative estimate of drug-likeness (QED) is 0.532. The van der Waals surface area contributed by atoms with E-state index in [9.17, 15) is 14.4 Å². The van der Waals surface area contributed by atoms with Crippen molar-refractivity contribution in [1.29, 1.82) is 0 Å². The standard InChI is InChI=1S/C19H19N3O5S/c1-2-11-3-5-12(6-4-11)15-9-22-13(10-28-19(22)21-15)7-16(23)20-14(18(26)27)8-17(24)25/h3-6,9-10,14H,2,7-8H2,1H3,(H,20,23)(H,24,25)(H,26,27). The van der Waals surface area contributed by atoms with Gasteiger partial charge in [-0.25, -0.2) is 9.78 Å². The van der Waals surface area contributed by atoms with Crippen molar-refractivity contribution in [3.8, 4) is 11.3 Å². The number of nitrogens with zero attached hydrogens (tertiary/aromatic N) is 2. The predicted octanol–water partition coefficient (Wildman–Crippen LogP) is 2.21. The topological polar surface area (TPSA) is 121 Å². The highest BCUT2D eigenvalue weighted by Crippen LogP contribution is 2.24. The molecule has 0 bridgehead atoms. The number of aryl methyl sites for hydroxylation is 1. The van der Waals surface area contributed by atoms with Gasteiger partial charge in [0.15, 0.2) is 4.96 Å². The largest absolute Gasteiger partial charge is 0.481 e. The third-order valence-electron chi connectivity index (χ3n) is 4.30. The Bertz CT molecular complexity index is 1020. The highest BCUT2D eigenvalue weighted by atomic mass is 32.1. The number of aromatic nitrogens is 2. The number of hydrogen-bond donors (Lipinski definition) is 3. The summed E-state index contributed by atoms with van der Waals surface area (Å²) in [5.41, 5.74) is 3.64. The molecule has 0 fully saturated rings. The fourth-order valence-corrected chi connectivity index (χ4v) is 3.66. The van der Waals surface area contributed by atoms with Crippen LogP contribution in [0, 0.1) is 0 Å². The maximum absolute atomic E-state index is 12.2. The van der Waals surface area contributed by atoms with Gasteiger partial charge in [0.2, 0.25) is 5.91 Å². The van der Waals surface area contributed by atoms with E-state index in [0.29, 0.717) is 5.69 Å². The number of carboxylic acid groups (broad SMARTS) is 2. The van der Waals surface area contributed by atoms with Gasteiger partial charge in [0.1, 0.15) is 6.04 Å². The van der Waals surface area contributed by atoms with E-state index in [-0.39, 0.29) is 6.42 Å². The van der Waals surface area contributed by atoms with Crippen molar-refractivity contribution in [2.24, 2.45) is 0 Å². The second kappa shape index (κ2) is 8.22. The second-order valence-electron chi connectivity index (χ2n) is 6.29. The predicted molar refractivity (Wildman–Crippen MR) is 103 cm³/mol. The summed E-state index contributed by atoms with van der Waals surface area (Å²) in [6, 6.07) is 6.63. The first-order chi connectivity index (χ1) is 13.4. The Morgan fingerprint density at radius 2 is 1.93 bits per heavy atom. The zero-order valence-corrected chi connectivity index (χ0v) is 15.9. The van der Waals surface area contributed by atoms with E-state index < -0.39 is 30.3 Å². The third kappa shape index (κ3) is 4.37. The number of imidazole rings is 1. The summed E-state index contributed by atoms with van der Waals surface area (Å²) in [5, 5.41) is 21.8. The molecule has 3 aromatic rings. The highest BCUT2D eigenvalue weighted by Gasteiger charge is 2.23. The molecular weight excluding hydrogens is 382 g/mol. The van der Waals surface area contributed by atoms with E-state index in [4.69, 9.17) is 10.2 Å². The summed E-state index contributed by atoms with van der Waals surface area (Å²) >= 11 is 1.38. The number of benzene rings is 1. The average Bonchev–Trinajstić information content (AvgIpc) is 3.23. The minimum absolute atomic E-state index is 0.0754. The molecule has 146 valence electrons. The molecule has 0 aliphatic carbocycles. The fraction of sp³-hybridized carbons (Fsp3) is 0.263. The van der Waals surface area contributed by atoms with Crippen LogP contribution < -0.4 is 5.32 Å². The zero-order chi connectivity index (χ0) is 20.3. The molecule has 2 heterocycles. The van der Waals surface area contributed by atoms with Crippen molar-refractivity contribution >= 4 is 34.1 Å². The number of fused-ring (bicyclic) bond motifs is 1. The third-order valence-corrected chi connectivity index (χ3v) is 5.18. The van der Waals surface area contributed by atoms with Crippen LogP contribution in [0.1, 0.15) is 24.6 Å². The molecular formula is C19H19N3O5S. The molecule has 0 saturated heterocycles. The van der Waals surface area contributed by atoms with E-state index in [1.54, 1.807) is 9.78 Å². The van der Waals surface area contributed by atoms with Crippen molar-refractivity contribution in [2.45, 2.75) is 32.2 Å². The van der Waals surface area contributed by atoms with Gasteiger partial charge in [-0.05, 0) is 12.0 Å². The minimum Gasteiger partial charge on any atom is -0.481 e. The van der Waals surface area contributed by atoms with Crippen molar-refractivity contribution < 1.29 is 24.6 Å². The monoisotopic (exact) mass is 401 g/mol. The molecule has 0 aliphatic rings. The van der Waals surface area contributed by atoms with Crippen molar-refractivity contribution in [2.75, 3.05) is 0 Å². The number of amides is 1. The lowest BCUT2D eigenvalue weighted by Crippen LogP contribution is -2.42. The van der Waals surface area contributed by atoms with Crippen LogP contribution in [0.15, 0.2) is 35.8 Å². The van der Waals surface area contributed by atoms with E-state index >= 15 is 0 Å². The van der Waals surface area contributed by atoms with Gasteiger partial charge < -0.3 is 15.5 Å². The fourth-order valence-electron chi connectivity index (χ4n) is 2.79. The number of carboxylic acids is 2. The lowest BCUT2D eigenvalue weighted by atomic mass is 10.1. The second-order valence-corrected chi connectivity index (χ2v) is 7.13. The first kappa shape index (κ1) is 19.6. The number of carbonyl (C=O) groups is 3. The van der Waals surface area contributed by atoms with Gasteiger partial charge in [0.25, 0.3) is 0 Å². The van der Waals surface area contributed by atoms with Crippen LogP contribution in [0.2, 0.25) is 0 Å². The van der Waals surface area contributed by atoms with Gasteiger partial charge in [0.05, 0.1) is 18.5 Å². The van der Waals surface area contributed by atoms with Gasteiger partial charge in [-0.2, -0.15) is 0 Å². The number of aliphatic carboxylic acids is 2. The van der Waals surface area contributed by atoms with Crippen LogP contribution >= 0.6 is 11.3 Å². The van der Waals surface area contributed by atoms with Crippen LogP contribution in [0.25, 0.3) is 16.2 Å². The summed E-state index contributed by atoms with van der Waals surface area (Å²) in [6.45, 7) is 2.09. The average molecular weight is 401 g/mol. The van der Waals surface area contributed by atoms with Gasteiger partial charge in [0, 0.05) is 22.8 Å². The maximum Gasteiger partial charge on any atom is 0.326 e. The molecule has 3 N–H and O–H groups in total.